The lowest BCUT2D eigenvalue weighted by atomic mass is 10.0. The lowest BCUT2D eigenvalue weighted by Crippen LogP contribution is -2.07. The first-order valence-corrected chi connectivity index (χ1v) is 11.5. The molecule has 0 rings (SSSR count). The summed E-state index contributed by atoms with van der Waals surface area (Å²) in [6, 6.07) is 0. The van der Waals surface area contributed by atoms with Gasteiger partial charge in [0.25, 0.3) is 0 Å². The minimum absolute atomic E-state index is 0.350. The number of hydrogen-bond donors (Lipinski definition) is 0. The average molecular weight is 390 g/mol. The lowest BCUT2D eigenvalue weighted by Gasteiger charge is -2.15. The summed E-state index contributed by atoms with van der Waals surface area (Å²) in [5.41, 5.74) is 0. The van der Waals surface area contributed by atoms with Gasteiger partial charge >= 0.3 is 0 Å². The molecule has 0 N–H and O–H groups in total. The van der Waals surface area contributed by atoms with Gasteiger partial charge in [-0.25, -0.2) is 0 Å². The van der Waals surface area contributed by atoms with E-state index in [4.69, 9.17) is 0 Å². The van der Waals surface area contributed by atoms with E-state index in [0.717, 1.165) is 0 Å². The molecule has 0 fully saturated rings. The van der Waals surface area contributed by atoms with E-state index in [-0.39, 0.29) is 0 Å². The van der Waals surface area contributed by atoms with E-state index in [9.17, 15) is 0 Å². The number of alkyl halides is 1. The molecule has 0 aromatic rings. The van der Waals surface area contributed by atoms with E-state index in [2.05, 4.69) is 36.7 Å². The molecular formula is C22H45Br. The predicted octanol–water partition coefficient (Wildman–Crippen LogP) is 9.20. The summed E-state index contributed by atoms with van der Waals surface area (Å²) in [5, 5.41) is 0. The van der Waals surface area contributed by atoms with Crippen molar-refractivity contribution in [1.29, 1.82) is 0 Å². The van der Waals surface area contributed by atoms with Gasteiger partial charge in [0.15, 0.2) is 0 Å². The van der Waals surface area contributed by atoms with Gasteiger partial charge < -0.3 is 0 Å². The summed E-state index contributed by atoms with van der Waals surface area (Å²) in [4.78, 5) is 0. The third kappa shape index (κ3) is 22.5. The molecule has 0 amide bonds. The Kier molecular flexibility index (Phi) is 17.7. The van der Waals surface area contributed by atoms with Crippen LogP contribution in [0.15, 0.2) is 0 Å². The summed E-state index contributed by atoms with van der Waals surface area (Å²) < 4.78 is 0.350. The van der Waals surface area contributed by atoms with E-state index in [1.54, 1.807) is 0 Å². The Labute approximate surface area is 156 Å². The van der Waals surface area contributed by atoms with Crippen molar-refractivity contribution in [1.82, 2.24) is 0 Å². The second-order valence-electron chi connectivity index (χ2n) is 8.13. The highest BCUT2D eigenvalue weighted by Crippen LogP contribution is 2.24. The van der Waals surface area contributed by atoms with Gasteiger partial charge in [0.1, 0.15) is 0 Å². The smallest absolute Gasteiger partial charge is 0.0201 e. The molecule has 0 aliphatic heterocycles. The Morgan fingerprint density at radius 2 is 0.739 bits per heavy atom. The number of hydrogen-bond acceptors (Lipinski definition) is 0. The van der Waals surface area contributed by atoms with Crippen LogP contribution in [0.1, 0.15) is 136 Å². The molecule has 0 aromatic heterocycles. The number of rotatable bonds is 18. The molecular weight excluding hydrogens is 344 g/mol. The van der Waals surface area contributed by atoms with E-state index >= 15 is 0 Å². The summed E-state index contributed by atoms with van der Waals surface area (Å²) >= 11 is 3.73. The van der Waals surface area contributed by atoms with Gasteiger partial charge in [-0.05, 0) is 6.42 Å². The normalized spacial score (nSPS) is 12.0. The minimum atomic E-state index is 0.350. The van der Waals surface area contributed by atoms with Crippen LogP contribution < -0.4 is 0 Å². The standard InChI is InChI=1S/C22H45Br/c1-4-5-6-7-8-9-10-11-12-13-14-15-16-17-18-19-20-21-22(2,3)23/h4-21H2,1-3H3. The van der Waals surface area contributed by atoms with Gasteiger partial charge in [-0.1, -0.05) is 146 Å². The van der Waals surface area contributed by atoms with Crippen LogP contribution in [-0.2, 0) is 0 Å². The monoisotopic (exact) mass is 388 g/mol. The maximum atomic E-state index is 3.73. The molecule has 0 spiro atoms. The van der Waals surface area contributed by atoms with E-state index in [0.29, 0.717) is 4.32 Å². The second-order valence-corrected chi connectivity index (χ2v) is 10.3. The van der Waals surface area contributed by atoms with Crippen LogP contribution in [-0.4, -0.2) is 4.32 Å². The molecule has 0 aliphatic rings. The van der Waals surface area contributed by atoms with Crippen LogP contribution in [0.25, 0.3) is 0 Å². The summed E-state index contributed by atoms with van der Waals surface area (Å²) in [6.45, 7) is 6.85. The van der Waals surface area contributed by atoms with Crippen molar-refractivity contribution in [3.63, 3.8) is 0 Å². The molecule has 0 nitrogen and oxygen atoms in total. The molecule has 23 heavy (non-hydrogen) atoms. The molecule has 0 bridgehead atoms. The zero-order valence-electron chi connectivity index (χ0n) is 16.6. The largest absolute Gasteiger partial charge is 0.0859 e. The first-order chi connectivity index (χ1) is 11.1. The fraction of sp³-hybridized carbons (Fsp3) is 1.00. The zero-order valence-corrected chi connectivity index (χ0v) is 18.2. The fourth-order valence-electron chi connectivity index (χ4n) is 3.27. The van der Waals surface area contributed by atoms with Crippen LogP contribution in [0.2, 0.25) is 0 Å². The Balaban J connectivity index is 3.00. The topological polar surface area (TPSA) is 0 Å². The van der Waals surface area contributed by atoms with Crippen molar-refractivity contribution in [3.05, 3.63) is 0 Å². The highest BCUT2D eigenvalue weighted by molar-refractivity contribution is 9.10. The maximum Gasteiger partial charge on any atom is 0.0201 e. The molecule has 0 radical (unpaired) electrons. The third-order valence-electron chi connectivity index (χ3n) is 4.87. The Hall–Kier alpha value is 0.480. The van der Waals surface area contributed by atoms with Crippen molar-refractivity contribution in [2.45, 2.75) is 141 Å². The quantitative estimate of drug-likeness (QED) is 0.162. The van der Waals surface area contributed by atoms with Crippen LogP contribution >= 0.6 is 15.9 Å². The van der Waals surface area contributed by atoms with Crippen LogP contribution in [0.3, 0.4) is 0 Å². The van der Waals surface area contributed by atoms with E-state index in [1.165, 1.54) is 116 Å². The van der Waals surface area contributed by atoms with Crippen LogP contribution in [0, 0.1) is 0 Å². The van der Waals surface area contributed by atoms with Crippen LogP contribution in [0.4, 0.5) is 0 Å². The van der Waals surface area contributed by atoms with Gasteiger partial charge in [-0.2, -0.15) is 0 Å². The van der Waals surface area contributed by atoms with Gasteiger partial charge in [0.2, 0.25) is 0 Å². The van der Waals surface area contributed by atoms with Crippen molar-refractivity contribution in [3.8, 4) is 0 Å². The molecule has 1 heteroatoms. The number of unbranched alkanes of at least 4 members (excludes halogenated alkanes) is 16. The van der Waals surface area contributed by atoms with E-state index < -0.39 is 0 Å². The van der Waals surface area contributed by atoms with Crippen molar-refractivity contribution >= 4 is 15.9 Å². The average Bonchev–Trinajstić information content (AvgIpc) is 2.49. The van der Waals surface area contributed by atoms with Crippen molar-refractivity contribution in [2.75, 3.05) is 0 Å². The highest BCUT2D eigenvalue weighted by Gasteiger charge is 2.10. The number of halogens is 1. The summed E-state index contributed by atoms with van der Waals surface area (Å²) in [7, 11) is 0. The Morgan fingerprint density at radius 1 is 0.478 bits per heavy atom. The second kappa shape index (κ2) is 17.3. The molecule has 0 heterocycles. The minimum Gasteiger partial charge on any atom is -0.0859 e. The van der Waals surface area contributed by atoms with Gasteiger partial charge in [-0.15, -0.1) is 0 Å². The Bertz CT molecular complexity index is 217. The first kappa shape index (κ1) is 23.5. The summed E-state index contributed by atoms with van der Waals surface area (Å²) in [5.74, 6) is 0. The molecule has 0 aliphatic carbocycles. The fourth-order valence-corrected chi connectivity index (χ4v) is 3.55. The Morgan fingerprint density at radius 3 is 1.00 bits per heavy atom. The molecule has 0 aromatic carbocycles. The summed E-state index contributed by atoms with van der Waals surface area (Å²) in [6.07, 6.45) is 26.1. The maximum absolute atomic E-state index is 3.73. The third-order valence-corrected chi connectivity index (χ3v) is 5.27. The molecule has 0 unspecified atom stereocenters. The van der Waals surface area contributed by atoms with Gasteiger partial charge in [0.05, 0.1) is 0 Å². The van der Waals surface area contributed by atoms with Crippen molar-refractivity contribution in [2.24, 2.45) is 0 Å². The highest BCUT2D eigenvalue weighted by atomic mass is 79.9. The molecule has 0 saturated heterocycles. The molecule has 140 valence electrons. The molecule has 0 atom stereocenters. The van der Waals surface area contributed by atoms with Crippen LogP contribution in [0.5, 0.6) is 0 Å². The lowest BCUT2D eigenvalue weighted by molar-refractivity contribution is 0.517. The van der Waals surface area contributed by atoms with Gasteiger partial charge in [0, 0.05) is 4.32 Å². The van der Waals surface area contributed by atoms with E-state index in [1.807, 2.05) is 0 Å². The predicted molar refractivity (Wildman–Crippen MR) is 112 cm³/mol. The first-order valence-electron chi connectivity index (χ1n) is 10.7. The van der Waals surface area contributed by atoms with Crippen molar-refractivity contribution < 1.29 is 0 Å². The zero-order chi connectivity index (χ0) is 17.2. The van der Waals surface area contributed by atoms with Gasteiger partial charge in [-0.3, -0.25) is 0 Å². The molecule has 0 saturated carbocycles. The SMILES string of the molecule is CCCCCCCCCCCCCCCCCCCC(C)(C)Br.